The molecular weight excluding hydrogens is 801 g/mol. The van der Waals surface area contributed by atoms with Crippen molar-refractivity contribution in [1.82, 2.24) is 19.1 Å². The Bertz CT molecular complexity index is 4220. The van der Waals surface area contributed by atoms with E-state index in [1.807, 2.05) is 0 Å². The molecule has 0 saturated carbocycles. The molecule has 0 saturated heterocycles. The van der Waals surface area contributed by atoms with E-state index in [2.05, 4.69) is 240 Å². The highest BCUT2D eigenvalue weighted by Gasteiger charge is 2.21. The summed E-state index contributed by atoms with van der Waals surface area (Å²) < 4.78 is 4.72. The number of aromatic nitrogens is 4. The minimum atomic E-state index is 0.912. The van der Waals surface area contributed by atoms with Gasteiger partial charge in [0.1, 0.15) is 5.82 Å². The van der Waals surface area contributed by atoms with Gasteiger partial charge in [0.2, 0.25) is 0 Å². The fourth-order valence-electron chi connectivity index (χ4n) is 10.7. The highest BCUT2D eigenvalue weighted by atomic mass is 15.1. The number of fused-ring (bicyclic) bond motifs is 14. The predicted molar refractivity (Wildman–Crippen MR) is 277 cm³/mol. The number of hydrogen-bond donors (Lipinski definition) is 0. The Morgan fingerprint density at radius 1 is 0.273 bits per heavy atom. The molecule has 0 aliphatic carbocycles. The highest BCUT2D eigenvalue weighted by Crippen LogP contribution is 2.42. The molecule has 3 heterocycles. The van der Waals surface area contributed by atoms with Crippen molar-refractivity contribution in [1.29, 1.82) is 0 Å². The van der Waals surface area contributed by atoms with Gasteiger partial charge in [-0.3, -0.25) is 4.57 Å². The third-order valence-electron chi connectivity index (χ3n) is 13.7. The first-order valence-electron chi connectivity index (χ1n) is 22.6. The molecule has 0 bridgehead atoms. The van der Waals surface area contributed by atoms with Gasteiger partial charge in [-0.05, 0) is 97.4 Å². The zero-order valence-corrected chi connectivity index (χ0v) is 35.7. The van der Waals surface area contributed by atoms with Gasteiger partial charge < -0.3 is 4.57 Å². The maximum absolute atomic E-state index is 5.56. The van der Waals surface area contributed by atoms with Gasteiger partial charge in [-0.2, -0.15) is 0 Å². The molecule has 306 valence electrons. The second-order valence-electron chi connectivity index (χ2n) is 17.3. The summed E-state index contributed by atoms with van der Waals surface area (Å²) in [5.41, 5.74) is 12.9. The highest BCUT2D eigenvalue weighted by molar-refractivity contribution is 6.26. The van der Waals surface area contributed by atoms with Gasteiger partial charge >= 0.3 is 0 Å². The number of rotatable bonds is 5. The van der Waals surface area contributed by atoms with Gasteiger partial charge in [-0.15, -0.1) is 0 Å². The standard InChI is InChI=1S/C62H38N4/c1-3-15-40(16-4-1)59-51-24-12-11-23-49(51)52-34-35-53-55-37-42(31-36-57(55)65(61(53)60(52)64-59)43-17-5-2-6-18-43)39-27-29-41(30-28-39)62-63-56-25-13-14-26-58(56)66(62)44-32-33-50-47-21-8-7-19-45(47)46-20-9-10-22-48(46)54(50)38-44/h1-38H. The SMILES string of the molecule is c1ccc(-c2nc3c(ccc4c5cc(-c6ccc(-c7nc8ccccc8n7-c7ccc8c9ccccc9c9ccccc9c8c7)cc6)ccc5n(-c5ccccc5)c43)c3ccccc23)cc1. The van der Waals surface area contributed by atoms with Gasteiger partial charge in [0.25, 0.3) is 0 Å². The molecule has 0 radical (unpaired) electrons. The first kappa shape index (κ1) is 36.6. The van der Waals surface area contributed by atoms with Crippen LogP contribution in [0.2, 0.25) is 0 Å². The quantitative estimate of drug-likeness (QED) is 0.162. The van der Waals surface area contributed by atoms with E-state index >= 15 is 0 Å². The molecule has 11 aromatic carbocycles. The number of imidazole rings is 1. The first-order valence-corrected chi connectivity index (χ1v) is 22.6. The molecule has 0 spiro atoms. The fourth-order valence-corrected chi connectivity index (χ4v) is 10.7. The van der Waals surface area contributed by atoms with Crippen LogP contribution in [0.1, 0.15) is 0 Å². The molecule has 66 heavy (non-hydrogen) atoms. The molecule has 0 fully saturated rings. The average molecular weight is 839 g/mol. The van der Waals surface area contributed by atoms with Crippen molar-refractivity contribution in [3.8, 4) is 45.1 Å². The van der Waals surface area contributed by atoms with Crippen molar-refractivity contribution < 1.29 is 0 Å². The number of nitrogens with zero attached hydrogens (tertiary/aromatic N) is 4. The lowest BCUT2D eigenvalue weighted by molar-refractivity contribution is 1.11. The Hall–Kier alpha value is -8.86. The molecule has 0 N–H and O–H groups in total. The summed E-state index contributed by atoms with van der Waals surface area (Å²) in [5.74, 6) is 0.912. The second kappa shape index (κ2) is 14.3. The summed E-state index contributed by atoms with van der Waals surface area (Å²) in [5, 5.41) is 13.4. The molecule has 14 aromatic rings. The lowest BCUT2D eigenvalue weighted by atomic mass is 9.94. The van der Waals surface area contributed by atoms with Gasteiger partial charge in [0.05, 0.1) is 33.3 Å². The smallest absolute Gasteiger partial charge is 0.145 e. The van der Waals surface area contributed by atoms with Crippen molar-refractivity contribution in [3.05, 3.63) is 231 Å². The Kier molecular flexibility index (Phi) is 7.95. The number of hydrogen-bond acceptors (Lipinski definition) is 2. The summed E-state index contributed by atoms with van der Waals surface area (Å²) in [4.78, 5) is 10.8. The van der Waals surface area contributed by atoms with Crippen molar-refractivity contribution in [3.63, 3.8) is 0 Å². The zero-order chi connectivity index (χ0) is 43.3. The molecule has 0 aliphatic heterocycles. The zero-order valence-electron chi connectivity index (χ0n) is 35.7. The summed E-state index contributed by atoms with van der Waals surface area (Å²) in [6.45, 7) is 0. The predicted octanol–water partition coefficient (Wildman–Crippen LogP) is 16.3. The number of para-hydroxylation sites is 3. The third-order valence-corrected chi connectivity index (χ3v) is 13.7. The van der Waals surface area contributed by atoms with E-state index in [1.54, 1.807) is 0 Å². The van der Waals surface area contributed by atoms with Crippen LogP contribution in [0.5, 0.6) is 0 Å². The van der Waals surface area contributed by atoms with Crippen LogP contribution in [-0.2, 0) is 0 Å². The number of pyridine rings is 1. The monoisotopic (exact) mass is 838 g/mol. The Morgan fingerprint density at radius 3 is 1.55 bits per heavy atom. The van der Waals surface area contributed by atoms with Crippen molar-refractivity contribution in [2.24, 2.45) is 0 Å². The van der Waals surface area contributed by atoms with Crippen LogP contribution in [-0.4, -0.2) is 19.1 Å². The largest absolute Gasteiger partial charge is 0.307 e. The van der Waals surface area contributed by atoms with Crippen LogP contribution in [0.3, 0.4) is 0 Å². The lowest BCUT2D eigenvalue weighted by Crippen LogP contribution is -1.98. The van der Waals surface area contributed by atoms with E-state index in [4.69, 9.17) is 9.97 Å². The van der Waals surface area contributed by atoms with Crippen molar-refractivity contribution >= 4 is 86.8 Å². The number of benzene rings is 11. The van der Waals surface area contributed by atoms with Gasteiger partial charge in [-0.25, -0.2) is 9.97 Å². The average Bonchev–Trinajstić information content (AvgIpc) is 3.95. The van der Waals surface area contributed by atoms with Crippen molar-refractivity contribution in [2.75, 3.05) is 0 Å². The summed E-state index contributed by atoms with van der Waals surface area (Å²) in [6.07, 6.45) is 0. The van der Waals surface area contributed by atoms with Gasteiger partial charge in [-0.1, -0.05) is 182 Å². The van der Waals surface area contributed by atoms with Crippen LogP contribution in [0.25, 0.3) is 132 Å². The van der Waals surface area contributed by atoms with Gasteiger partial charge in [0.15, 0.2) is 0 Å². The molecule has 3 aromatic heterocycles. The Morgan fingerprint density at radius 2 is 0.818 bits per heavy atom. The maximum atomic E-state index is 5.56. The summed E-state index contributed by atoms with van der Waals surface area (Å²) in [7, 11) is 0. The fraction of sp³-hybridized carbons (Fsp3) is 0. The van der Waals surface area contributed by atoms with E-state index < -0.39 is 0 Å². The van der Waals surface area contributed by atoms with Crippen LogP contribution in [0.15, 0.2) is 231 Å². The molecule has 4 nitrogen and oxygen atoms in total. The molecule has 0 aliphatic rings. The van der Waals surface area contributed by atoms with Crippen molar-refractivity contribution in [2.45, 2.75) is 0 Å². The topological polar surface area (TPSA) is 35.6 Å². The lowest BCUT2D eigenvalue weighted by Gasteiger charge is -2.14. The van der Waals surface area contributed by atoms with E-state index in [9.17, 15) is 0 Å². The Labute approximate surface area is 379 Å². The third kappa shape index (κ3) is 5.45. The maximum Gasteiger partial charge on any atom is 0.145 e. The molecular formula is C62H38N4. The summed E-state index contributed by atoms with van der Waals surface area (Å²) in [6, 6.07) is 83.2. The van der Waals surface area contributed by atoms with Gasteiger partial charge in [0, 0.05) is 44.0 Å². The van der Waals surface area contributed by atoms with E-state index in [0.717, 1.165) is 83.5 Å². The Balaban J connectivity index is 0.930. The molecule has 0 atom stereocenters. The minimum Gasteiger partial charge on any atom is -0.307 e. The van der Waals surface area contributed by atoms with E-state index in [1.165, 1.54) is 48.5 Å². The molecule has 14 rings (SSSR count). The first-order chi connectivity index (χ1) is 32.7. The summed E-state index contributed by atoms with van der Waals surface area (Å²) >= 11 is 0. The minimum absolute atomic E-state index is 0.912. The normalized spacial score (nSPS) is 11.9. The van der Waals surface area contributed by atoms with E-state index in [-0.39, 0.29) is 0 Å². The van der Waals surface area contributed by atoms with Crippen LogP contribution >= 0.6 is 0 Å². The molecule has 0 amide bonds. The van der Waals surface area contributed by atoms with Crippen LogP contribution < -0.4 is 0 Å². The molecule has 0 unspecified atom stereocenters. The van der Waals surface area contributed by atoms with Crippen LogP contribution in [0, 0.1) is 0 Å². The van der Waals surface area contributed by atoms with Crippen LogP contribution in [0.4, 0.5) is 0 Å². The second-order valence-corrected chi connectivity index (χ2v) is 17.3. The molecule has 4 heteroatoms. The van der Waals surface area contributed by atoms with E-state index in [0.29, 0.717) is 0 Å².